The molecule has 0 atom stereocenters. The molecule has 0 spiro atoms. The molecule has 0 N–H and O–H groups in total. The average molecular weight is 168 g/mol. The maximum absolute atomic E-state index is 2.23. The first kappa shape index (κ1) is 14.0. The van der Waals surface area contributed by atoms with Crippen LogP contribution >= 0.6 is 0 Å². The Morgan fingerprint density at radius 1 is 0.750 bits per heavy atom. The lowest BCUT2D eigenvalue weighted by Gasteiger charge is -1.86. The smallest absolute Gasteiger partial charge is 0.0467 e. The van der Waals surface area contributed by atoms with Crippen molar-refractivity contribution >= 4 is 0 Å². The van der Waals surface area contributed by atoms with E-state index in [-0.39, 0.29) is 0 Å². The Hall–Kier alpha value is -0.520. The predicted molar refractivity (Wildman–Crippen MR) is 59.4 cm³/mol. The highest BCUT2D eigenvalue weighted by Crippen LogP contribution is 1.95. The van der Waals surface area contributed by atoms with E-state index in [2.05, 4.69) is 13.8 Å². The summed E-state index contributed by atoms with van der Waals surface area (Å²) in [5, 5.41) is 0. The Morgan fingerprint density at radius 3 is 1.25 bits per heavy atom. The fourth-order valence-electron chi connectivity index (χ4n) is 0.722. The minimum absolute atomic E-state index is 1.36. The van der Waals surface area contributed by atoms with Crippen LogP contribution in [-0.2, 0) is 0 Å². The maximum atomic E-state index is 2.23. The van der Waals surface area contributed by atoms with Crippen LogP contribution in [0.4, 0.5) is 0 Å². The van der Waals surface area contributed by atoms with Gasteiger partial charge in [0.1, 0.15) is 0 Å². The van der Waals surface area contributed by atoms with E-state index in [1.165, 1.54) is 25.7 Å². The Bertz CT molecular complexity index is 84.6. The van der Waals surface area contributed by atoms with Crippen LogP contribution in [0.25, 0.3) is 0 Å². The van der Waals surface area contributed by atoms with Crippen LogP contribution in [0.15, 0.2) is 24.3 Å². The molecule has 0 aliphatic heterocycles. The Balaban J connectivity index is 0. The summed E-state index contributed by atoms with van der Waals surface area (Å²) in [6.07, 6.45) is 13.5. The van der Waals surface area contributed by atoms with Crippen molar-refractivity contribution in [1.82, 2.24) is 0 Å². The van der Waals surface area contributed by atoms with Crippen molar-refractivity contribution in [3.8, 4) is 0 Å². The molecule has 0 aromatic heterocycles. The highest BCUT2D eigenvalue weighted by molar-refractivity contribution is 4.98. The minimum atomic E-state index is 1.36. The lowest BCUT2D eigenvalue weighted by Crippen LogP contribution is -1.66. The van der Waals surface area contributed by atoms with Gasteiger partial charge in [-0.05, 0) is 13.8 Å². The van der Waals surface area contributed by atoms with E-state index in [9.17, 15) is 0 Å². The monoisotopic (exact) mass is 168 g/mol. The van der Waals surface area contributed by atoms with Crippen LogP contribution in [0, 0.1) is 0 Å². The van der Waals surface area contributed by atoms with Crippen molar-refractivity contribution in [1.29, 1.82) is 0 Å². The summed E-state index contributed by atoms with van der Waals surface area (Å²) < 4.78 is 0. The van der Waals surface area contributed by atoms with Crippen molar-refractivity contribution in [3.05, 3.63) is 24.3 Å². The fourth-order valence-corrected chi connectivity index (χ4v) is 0.722. The molecule has 0 aliphatic rings. The summed E-state index contributed by atoms with van der Waals surface area (Å²) in [4.78, 5) is 0. The molecule has 0 saturated carbocycles. The van der Waals surface area contributed by atoms with Gasteiger partial charge in [-0.3, -0.25) is 0 Å². The zero-order valence-corrected chi connectivity index (χ0v) is 9.14. The van der Waals surface area contributed by atoms with E-state index < -0.39 is 0 Å². The van der Waals surface area contributed by atoms with Gasteiger partial charge in [-0.1, -0.05) is 63.8 Å². The van der Waals surface area contributed by atoms with Crippen molar-refractivity contribution in [2.45, 2.75) is 53.4 Å². The molecule has 0 nitrogen and oxygen atoms in total. The first-order valence-electron chi connectivity index (χ1n) is 5.07. The summed E-state index contributed by atoms with van der Waals surface area (Å²) in [6, 6.07) is 0. The average Bonchev–Trinajstić information content (AvgIpc) is 2.12. The van der Waals surface area contributed by atoms with Gasteiger partial charge in [-0.15, -0.1) is 0 Å². The molecular formula is C12H24. The number of hydrogen-bond donors (Lipinski definition) is 0. The summed E-state index contributed by atoms with van der Waals surface area (Å²) in [5.41, 5.74) is 0. The van der Waals surface area contributed by atoms with Crippen LogP contribution in [-0.4, -0.2) is 0 Å². The van der Waals surface area contributed by atoms with Gasteiger partial charge < -0.3 is 0 Å². The number of rotatable bonds is 4. The van der Waals surface area contributed by atoms with Crippen LogP contribution in [0.2, 0.25) is 0 Å². The lowest BCUT2D eigenvalue weighted by molar-refractivity contribution is 0.702. The van der Waals surface area contributed by atoms with Gasteiger partial charge in [0.25, 0.3) is 0 Å². The van der Waals surface area contributed by atoms with E-state index in [1.807, 2.05) is 38.2 Å². The number of allylic oxidation sites excluding steroid dienone is 4. The van der Waals surface area contributed by atoms with Gasteiger partial charge >= 0.3 is 0 Å². The first-order chi connectivity index (χ1) is 5.83. The molecule has 0 heteroatoms. The Kier molecular flexibility index (Phi) is 19.7. The van der Waals surface area contributed by atoms with Crippen LogP contribution < -0.4 is 0 Å². The van der Waals surface area contributed by atoms with E-state index in [0.717, 1.165) is 0 Å². The summed E-state index contributed by atoms with van der Waals surface area (Å²) in [7, 11) is 0. The topological polar surface area (TPSA) is 0 Å². The standard InChI is InChI=1S/C6H14.C6H10/c2*1-3-5-6-4-2/h3-6H2,1-2H3;3-6H,1-2H3/b;5-3-,6-4-. The highest BCUT2D eigenvalue weighted by atomic mass is 13.8. The molecule has 0 saturated heterocycles. The van der Waals surface area contributed by atoms with E-state index in [4.69, 9.17) is 0 Å². The van der Waals surface area contributed by atoms with E-state index >= 15 is 0 Å². The van der Waals surface area contributed by atoms with Gasteiger partial charge in [-0.25, -0.2) is 0 Å². The number of hydrogen-bond acceptors (Lipinski definition) is 0. The lowest BCUT2D eigenvalue weighted by atomic mass is 10.2. The molecule has 72 valence electrons. The molecule has 0 bridgehead atoms. The summed E-state index contributed by atoms with van der Waals surface area (Å²) >= 11 is 0. The molecule has 0 radical (unpaired) electrons. The van der Waals surface area contributed by atoms with Crippen LogP contribution in [0.3, 0.4) is 0 Å². The van der Waals surface area contributed by atoms with Crippen LogP contribution in [0.1, 0.15) is 53.4 Å². The van der Waals surface area contributed by atoms with Gasteiger partial charge in [-0.2, -0.15) is 0 Å². The van der Waals surface area contributed by atoms with Crippen molar-refractivity contribution < 1.29 is 0 Å². The van der Waals surface area contributed by atoms with Crippen LogP contribution in [0.5, 0.6) is 0 Å². The van der Waals surface area contributed by atoms with E-state index in [1.54, 1.807) is 0 Å². The van der Waals surface area contributed by atoms with Crippen molar-refractivity contribution in [2.24, 2.45) is 0 Å². The van der Waals surface area contributed by atoms with Gasteiger partial charge in [0.15, 0.2) is 0 Å². The maximum Gasteiger partial charge on any atom is -0.0467 e. The zero-order valence-electron chi connectivity index (χ0n) is 9.14. The first-order valence-corrected chi connectivity index (χ1v) is 5.07. The molecular weight excluding hydrogens is 144 g/mol. The molecule has 0 amide bonds. The summed E-state index contributed by atoms with van der Waals surface area (Å²) in [5.74, 6) is 0. The number of unbranched alkanes of at least 4 members (excludes halogenated alkanes) is 3. The quantitative estimate of drug-likeness (QED) is 0.420. The molecule has 0 unspecified atom stereocenters. The van der Waals surface area contributed by atoms with Crippen molar-refractivity contribution in [3.63, 3.8) is 0 Å². The zero-order chi connectivity index (χ0) is 9.66. The molecule has 12 heavy (non-hydrogen) atoms. The highest BCUT2D eigenvalue weighted by Gasteiger charge is 1.75. The second-order valence-electron chi connectivity index (χ2n) is 2.76. The predicted octanol–water partition coefficient (Wildman–Crippen LogP) is 4.73. The minimum Gasteiger partial charge on any atom is -0.0877 e. The second kappa shape index (κ2) is 16.8. The Labute approximate surface area is 78.4 Å². The molecule has 0 heterocycles. The molecule has 0 rings (SSSR count). The third-order valence-electron chi connectivity index (χ3n) is 1.45. The summed E-state index contributed by atoms with van der Waals surface area (Å²) in [6.45, 7) is 8.46. The molecule has 0 aromatic rings. The normalized spacial score (nSPS) is 10.3. The van der Waals surface area contributed by atoms with Gasteiger partial charge in [0.05, 0.1) is 0 Å². The molecule has 0 aromatic carbocycles. The molecule has 0 aliphatic carbocycles. The SMILES string of the molecule is C/C=C\C=C/C.CCCCCC. The largest absolute Gasteiger partial charge is 0.0877 e. The molecule has 0 fully saturated rings. The third kappa shape index (κ3) is 22.7. The van der Waals surface area contributed by atoms with Gasteiger partial charge in [0, 0.05) is 0 Å². The Morgan fingerprint density at radius 2 is 1.08 bits per heavy atom. The van der Waals surface area contributed by atoms with E-state index in [0.29, 0.717) is 0 Å². The van der Waals surface area contributed by atoms with Gasteiger partial charge in [0.2, 0.25) is 0 Å². The third-order valence-corrected chi connectivity index (χ3v) is 1.45. The fraction of sp³-hybridized carbons (Fsp3) is 0.667. The van der Waals surface area contributed by atoms with Crippen molar-refractivity contribution in [2.75, 3.05) is 0 Å². The second-order valence-corrected chi connectivity index (χ2v) is 2.76.